The summed E-state index contributed by atoms with van der Waals surface area (Å²) in [6.07, 6.45) is 4.95. The first-order valence-corrected chi connectivity index (χ1v) is 5.37. The Kier molecular flexibility index (Phi) is 3.74. The highest BCUT2D eigenvalue weighted by molar-refractivity contribution is 4.87. The van der Waals surface area contributed by atoms with E-state index in [2.05, 4.69) is 26.1 Å². The highest BCUT2D eigenvalue weighted by atomic mass is 16.5. The second-order valence-electron chi connectivity index (χ2n) is 4.77. The standard InChI is InChI=1S/C11H23NO/c1-9(2)12-10-6-5-7-11(3,8-10)13-4/h9-10,12H,5-8H2,1-4H3. The zero-order valence-corrected chi connectivity index (χ0v) is 9.39. The van der Waals surface area contributed by atoms with Gasteiger partial charge in [0.25, 0.3) is 0 Å². The van der Waals surface area contributed by atoms with Crippen molar-refractivity contribution in [2.45, 2.75) is 64.1 Å². The Morgan fingerprint density at radius 3 is 2.69 bits per heavy atom. The smallest absolute Gasteiger partial charge is 0.0665 e. The van der Waals surface area contributed by atoms with Gasteiger partial charge < -0.3 is 10.1 Å². The minimum atomic E-state index is 0.116. The largest absolute Gasteiger partial charge is 0.378 e. The Labute approximate surface area is 82.0 Å². The maximum Gasteiger partial charge on any atom is 0.0665 e. The van der Waals surface area contributed by atoms with Gasteiger partial charge in [-0.3, -0.25) is 0 Å². The Bertz CT molecular complexity index is 158. The van der Waals surface area contributed by atoms with Gasteiger partial charge in [-0.1, -0.05) is 13.8 Å². The van der Waals surface area contributed by atoms with E-state index in [9.17, 15) is 0 Å². The fourth-order valence-electron chi connectivity index (χ4n) is 2.25. The van der Waals surface area contributed by atoms with Crippen molar-refractivity contribution < 1.29 is 4.74 Å². The van der Waals surface area contributed by atoms with Crippen molar-refractivity contribution in [3.05, 3.63) is 0 Å². The highest BCUT2D eigenvalue weighted by Gasteiger charge is 2.31. The summed E-state index contributed by atoms with van der Waals surface area (Å²) in [6, 6.07) is 1.24. The zero-order chi connectivity index (χ0) is 9.90. The monoisotopic (exact) mass is 185 g/mol. The lowest BCUT2D eigenvalue weighted by Crippen LogP contribution is -2.45. The van der Waals surface area contributed by atoms with Gasteiger partial charge in [-0.2, -0.15) is 0 Å². The van der Waals surface area contributed by atoms with Crippen LogP contribution < -0.4 is 5.32 Å². The summed E-state index contributed by atoms with van der Waals surface area (Å²) in [6.45, 7) is 6.64. The lowest BCUT2D eigenvalue weighted by Gasteiger charge is -2.38. The van der Waals surface area contributed by atoms with Gasteiger partial charge in [-0.15, -0.1) is 0 Å². The summed E-state index contributed by atoms with van der Waals surface area (Å²) >= 11 is 0. The fraction of sp³-hybridized carbons (Fsp3) is 1.00. The summed E-state index contributed by atoms with van der Waals surface area (Å²) in [4.78, 5) is 0. The molecular weight excluding hydrogens is 162 g/mol. The van der Waals surface area contributed by atoms with Crippen LogP contribution in [0.25, 0.3) is 0 Å². The van der Waals surface area contributed by atoms with Gasteiger partial charge in [0.05, 0.1) is 5.60 Å². The molecule has 1 aliphatic carbocycles. The van der Waals surface area contributed by atoms with E-state index in [0.717, 1.165) is 6.42 Å². The molecule has 1 saturated carbocycles. The van der Waals surface area contributed by atoms with E-state index < -0.39 is 0 Å². The van der Waals surface area contributed by atoms with Crippen LogP contribution in [0.15, 0.2) is 0 Å². The Hall–Kier alpha value is -0.0800. The van der Waals surface area contributed by atoms with Gasteiger partial charge in [0, 0.05) is 19.2 Å². The number of ether oxygens (including phenoxy) is 1. The maximum atomic E-state index is 5.55. The number of methoxy groups -OCH3 is 1. The van der Waals surface area contributed by atoms with Gasteiger partial charge in [-0.05, 0) is 32.6 Å². The van der Waals surface area contributed by atoms with Gasteiger partial charge in [0.2, 0.25) is 0 Å². The molecule has 78 valence electrons. The normalized spacial score (nSPS) is 35.3. The van der Waals surface area contributed by atoms with Crippen LogP contribution in [-0.4, -0.2) is 24.8 Å². The fourth-order valence-corrected chi connectivity index (χ4v) is 2.25. The molecule has 0 aromatic rings. The van der Waals surface area contributed by atoms with Crippen LogP contribution in [-0.2, 0) is 4.74 Å². The van der Waals surface area contributed by atoms with E-state index in [1.165, 1.54) is 19.3 Å². The summed E-state index contributed by atoms with van der Waals surface area (Å²) in [7, 11) is 1.83. The van der Waals surface area contributed by atoms with E-state index in [1.54, 1.807) is 0 Å². The molecule has 0 heterocycles. The lowest BCUT2D eigenvalue weighted by molar-refractivity contribution is -0.0330. The van der Waals surface area contributed by atoms with Crippen LogP contribution in [0.1, 0.15) is 46.5 Å². The van der Waals surface area contributed by atoms with Crippen molar-refractivity contribution in [1.29, 1.82) is 0 Å². The minimum absolute atomic E-state index is 0.116. The minimum Gasteiger partial charge on any atom is -0.378 e. The summed E-state index contributed by atoms with van der Waals surface area (Å²) in [5.74, 6) is 0. The second-order valence-corrected chi connectivity index (χ2v) is 4.77. The molecule has 0 saturated heterocycles. The Morgan fingerprint density at radius 1 is 1.46 bits per heavy atom. The molecule has 0 radical (unpaired) electrons. The van der Waals surface area contributed by atoms with Crippen molar-refractivity contribution in [1.82, 2.24) is 5.32 Å². The van der Waals surface area contributed by atoms with Crippen molar-refractivity contribution in [3.8, 4) is 0 Å². The first kappa shape index (κ1) is 11.0. The van der Waals surface area contributed by atoms with Crippen LogP contribution in [0, 0.1) is 0 Å². The van der Waals surface area contributed by atoms with Crippen LogP contribution in [0.5, 0.6) is 0 Å². The first-order valence-electron chi connectivity index (χ1n) is 5.37. The van der Waals surface area contributed by atoms with Crippen LogP contribution in [0.3, 0.4) is 0 Å². The molecule has 0 spiro atoms. The molecule has 2 nitrogen and oxygen atoms in total. The van der Waals surface area contributed by atoms with Gasteiger partial charge >= 0.3 is 0 Å². The van der Waals surface area contributed by atoms with Gasteiger partial charge in [0.1, 0.15) is 0 Å². The summed E-state index contributed by atoms with van der Waals surface area (Å²) in [5.41, 5.74) is 0.116. The predicted molar refractivity (Wildman–Crippen MR) is 55.9 cm³/mol. The molecule has 2 heteroatoms. The van der Waals surface area contributed by atoms with Gasteiger partial charge in [0.15, 0.2) is 0 Å². The molecule has 2 atom stereocenters. The number of hydrogen-bond donors (Lipinski definition) is 1. The topological polar surface area (TPSA) is 21.3 Å². The van der Waals surface area contributed by atoms with Crippen molar-refractivity contribution in [2.75, 3.05) is 7.11 Å². The van der Waals surface area contributed by atoms with Crippen LogP contribution in [0.4, 0.5) is 0 Å². The van der Waals surface area contributed by atoms with Crippen LogP contribution in [0.2, 0.25) is 0 Å². The molecule has 1 aliphatic rings. The van der Waals surface area contributed by atoms with Crippen molar-refractivity contribution >= 4 is 0 Å². The molecule has 1 rings (SSSR count). The predicted octanol–water partition coefficient (Wildman–Crippen LogP) is 2.33. The second kappa shape index (κ2) is 4.43. The molecule has 0 aromatic carbocycles. The molecule has 2 unspecified atom stereocenters. The molecule has 13 heavy (non-hydrogen) atoms. The SMILES string of the molecule is COC1(C)CCCC(NC(C)C)C1. The van der Waals surface area contributed by atoms with E-state index in [4.69, 9.17) is 4.74 Å². The third-order valence-corrected chi connectivity index (χ3v) is 3.00. The molecule has 0 bridgehead atoms. The summed E-state index contributed by atoms with van der Waals surface area (Å²) in [5, 5.41) is 3.59. The van der Waals surface area contributed by atoms with Crippen LogP contribution >= 0.6 is 0 Å². The van der Waals surface area contributed by atoms with E-state index in [0.29, 0.717) is 12.1 Å². The Balaban J connectivity index is 2.42. The first-order chi connectivity index (χ1) is 6.06. The maximum absolute atomic E-state index is 5.55. The van der Waals surface area contributed by atoms with Crippen molar-refractivity contribution in [3.63, 3.8) is 0 Å². The number of rotatable bonds is 3. The molecule has 0 amide bonds. The number of nitrogens with one attached hydrogen (secondary N) is 1. The summed E-state index contributed by atoms with van der Waals surface area (Å²) < 4.78 is 5.55. The average molecular weight is 185 g/mol. The quantitative estimate of drug-likeness (QED) is 0.728. The van der Waals surface area contributed by atoms with E-state index >= 15 is 0 Å². The van der Waals surface area contributed by atoms with Gasteiger partial charge in [-0.25, -0.2) is 0 Å². The molecule has 1 N–H and O–H groups in total. The number of hydrogen-bond acceptors (Lipinski definition) is 2. The average Bonchev–Trinajstić information content (AvgIpc) is 2.03. The highest BCUT2D eigenvalue weighted by Crippen LogP contribution is 2.30. The third kappa shape index (κ3) is 3.28. The van der Waals surface area contributed by atoms with E-state index in [1.807, 2.05) is 7.11 Å². The molecule has 1 fully saturated rings. The van der Waals surface area contributed by atoms with Crippen molar-refractivity contribution in [2.24, 2.45) is 0 Å². The molecular formula is C11H23NO. The van der Waals surface area contributed by atoms with E-state index in [-0.39, 0.29) is 5.60 Å². The third-order valence-electron chi connectivity index (χ3n) is 3.00. The lowest BCUT2D eigenvalue weighted by atomic mass is 9.83. The molecule has 0 aromatic heterocycles. The molecule has 0 aliphatic heterocycles. The zero-order valence-electron chi connectivity index (χ0n) is 9.39. The Morgan fingerprint density at radius 2 is 2.15 bits per heavy atom.